The van der Waals surface area contributed by atoms with Crippen LogP contribution in [0.5, 0.6) is 0 Å². The van der Waals surface area contributed by atoms with Gasteiger partial charge in [-0.3, -0.25) is 9.59 Å². The summed E-state index contributed by atoms with van der Waals surface area (Å²) in [5.74, 6) is -2.27. The van der Waals surface area contributed by atoms with E-state index in [4.69, 9.17) is 0 Å². The molecule has 0 saturated carbocycles. The Morgan fingerprint density at radius 1 is 1.22 bits per heavy atom. The van der Waals surface area contributed by atoms with E-state index in [9.17, 15) is 18.4 Å². The molecule has 0 bridgehead atoms. The molecule has 4 nitrogen and oxygen atoms in total. The van der Waals surface area contributed by atoms with Crippen LogP contribution in [0.4, 0.5) is 8.78 Å². The number of thioether (sulfide) groups is 1. The van der Waals surface area contributed by atoms with Crippen molar-refractivity contribution in [2.24, 2.45) is 0 Å². The lowest BCUT2D eigenvalue weighted by molar-refractivity contribution is -0.134. The highest BCUT2D eigenvalue weighted by atomic mass is 32.2. The fourth-order valence-corrected chi connectivity index (χ4v) is 2.63. The van der Waals surface area contributed by atoms with E-state index in [1.165, 1.54) is 11.0 Å². The van der Waals surface area contributed by atoms with Crippen molar-refractivity contribution >= 4 is 23.6 Å². The molecule has 0 aliphatic heterocycles. The fraction of sp³-hybridized carbons (Fsp3) is 0.500. The molecule has 0 atom stereocenters. The highest BCUT2D eigenvalue weighted by Crippen LogP contribution is 2.20. The standard InChI is InChI=1S/C16H22F2N2O2S/c1-5-20(9-14(21)19-16(2,3)4)15(22)10-23-11-6-7-12(17)13(18)8-11/h6-8H,5,9-10H2,1-4H3,(H,19,21). The van der Waals surface area contributed by atoms with E-state index in [0.717, 1.165) is 23.9 Å². The van der Waals surface area contributed by atoms with Gasteiger partial charge in [-0.25, -0.2) is 8.78 Å². The van der Waals surface area contributed by atoms with E-state index in [-0.39, 0.29) is 29.7 Å². The highest BCUT2D eigenvalue weighted by Gasteiger charge is 2.19. The van der Waals surface area contributed by atoms with Gasteiger partial charge in [-0.05, 0) is 45.9 Å². The third-order valence-corrected chi connectivity index (χ3v) is 3.82. The van der Waals surface area contributed by atoms with Gasteiger partial charge in [0.15, 0.2) is 11.6 Å². The van der Waals surface area contributed by atoms with Gasteiger partial charge in [0.05, 0.1) is 12.3 Å². The molecule has 0 radical (unpaired) electrons. The largest absolute Gasteiger partial charge is 0.350 e. The van der Waals surface area contributed by atoms with Crippen LogP contribution in [0.15, 0.2) is 23.1 Å². The van der Waals surface area contributed by atoms with Gasteiger partial charge in [0, 0.05) is 17.0 Å². The van der Waals surface area contributed by atoms with Crippen LogP contribution >= 0.6 is 11.8 Å². The Morgan fingerprint density at radius 2 is 1.87 bits per heavy atom. The summed E-state index contributed by atoms with van der Waals surface area (Å²) in [5, 5.41) is 2.80. The number of rotatable bonds is 6. The molecule has 0 unspecified atom stereocenters. The lowest BCUT2D eigenvalue weighted by Gasteiger charge is -2.25. The number of carbonyl (C=O) groups excluding carboxylic acids is 2. The van der Waals surface area contributed by atoms with Crippen molar-refractivity contribution in [1.82, 2.24) is 10.2 Å². The van der Waals surface area contributed by atoms with Crippen molar-refractivity contribution in [2.75, 3.05) is 18.8 Å². The summed E-state index contributed by atoms with van der Waals surface area (Å²) in [6.07, 6.45) is 0. The number of hydrogen-bond acceptors (Lipinski definition) is 3. The first-order chi connectivity index (χ1) is 10.6. The number of amides is 2. The first-order valence-electron chi connectivity index (χ1n) is 7.29. The first-order valence-corrected chi connectivity index (χ1v) is 8.27. The van der Waals surface area contributed by atoms with Crippen LogP contribution < -0.4 is 5.32 Å². The Hall–Kier alpha value is -1.63. The van der Waals surface area contributed by atoms with Crippen LogP contribution in [0, 0.1) is 11.6 Å². The summed E-state index contributed by atoms with van der Waals surface area (Å²) >= 11 is 1.11. The molecule has 1 aromatic carbocycles. The van der Waals surface area contributed by atoms with Crippen molar-refractivity contribution in [2.45, 2.75) is 38.1 Å². The van der Waals surface area contributed by atoms with E-state index in [2.05, 4.69) is 5.32 Å². The van der Waals surface area contributed by atoms with Gasteiger partial charge < -0.3 is 10.2 Å². The second kappa shape index (κ2) is 8.29. The maximum Gasteiger partial charge on any atom is 0.240 e. The van der Waals surface area contributed by atoms with Crippen molar-refractivity contribution in [3.63, 3.8) is 0 Å². The van der Waals surface area contributed by atoms with Crippen LogP contribution in [0.25, 0.3) is 0 Å². The number of nitrogens with zero attached hydrogens (tertiary/aromatic N) is 1. The maximum atomic E-state index is 13.1. The van der Waals surface area contributed by atoms with Crippen LogP contribution in [-0.4, -0.2) is 41.1 Å². The van der Waals surface area contributed by atoms with E-state index in [0.29, 0.717) is 11.4 Å². The maximum absolute atomic E-state index is 13.1. The summed E-state index contributed by atoms with van der Waals surface area (Å²) in [7, 11) is 0. The number of hydrogen-bond donors (Lipinski definition) is 1. The molecule has 1 N–H and O–H groups in total. The molecule has 23 heavy (non-hydrogen) atoms. The fourth-order valence-electron chi connectivity index (χ4n) is 1.81. The van der Waals surface area contributed by atoms with Gasteiger partial charge in [-0.1, -0.05) is 0 Å². The summed E-state index contributed by atoms with van der Waals surface area (Å²) < 4.78 is 26.0. The number of benzene rings is 1. The number of nitrogens with one attached hydrogen (secondary N) is 1. The number of halogens is 2. The van der Waals surface area contributed by atoms with E-state index < -0.39 is 11.6 Å². The smallest absolute Gasteiger partial charge is 0.240 e. The van der Waals surface area contributed by atoms with Gasteiger partial charge in [0.1, 0.15) is 0 Å². The van der Waals surface area contributed by atoms with Crippen LogP contribution in [0.1, 0.15) is 27.7 Å². The topological polar surface area (TPSA) is 49.4 Å². The van der Waals surface area contributed by atoms with Crippen LogP contribution in [0.2, 0.25) is 0 Å². The molecule has 0 saturated heterocycles. The lowest BCUT2D eigenvalue weighted by atomic mass is 10.1. The minimum Gasteiger partial charge on any atom is -0.350 e. The van der Waals surface area contributed by atoms with E-state index in [1.807, 2.05) is 20.8 Å². The lowest BCUT2D eigenvalue weighted by Crippen LogP contribution is -2.47. The molecule has 128 valence electrons. The molecular formula is C16H22F2N2O2S. The van der Waals surface area contributed by atoms with Gasteiger partial charge in [-0.15, -0.1) is 11.8 Å². The quantitative estimate of drug-likeness (QED) is 0.808. The predicted octanol–water partition coefficient (Wildman–Crippen LogP) is 2.82. The molecule has 0 spiro atoms. The van der Waals surface area contributed by atoms with Gasteiger partial charge in [-0.2, -0.15) is 0 Å². The minimum atomic E-state index is -0.945. The molecule has 1 aromatic rings. The molecule has 0 aromatic heterocycles. The molecule has 2 amide bonds. The Kier molecular flexibility index (Phi) is 7.00. The van der Waals surface area contributed by atoms with Gasteiger partial charge in [0.2, 0.25) is 11.8 Å². The second-order valence-corrected chi connectivity index (χ2v) is 7.12. The highest BCUT2D eigenvalue weighted by molar-refractivity contribution is 8.00. The zero-order valence-electron chi connectivity index (χ0n) is 13.8. The molecular weight excluding hydrogens is 322 g/mol. The summed E-state index contributed by atoms with van der Waals surface area (Å²) in [6.45, 7) is 7.75. The molecule has 7 heteroatoms. The summed E-state index contributed by atoms with van der Waals surface area (Å²) in [6, 6.07) is 3.49. The summed E-state index contributed by atoms with van der Waals surface area (Å²) in [5.41, 5.74) is -0.361. The Labute approximate surface area is 139 Å². The third kappa shape index (κ3) is 6.99. The molecule has 0 fully saturated rings. The zero-order valence-corrected chi connectivity index (χ0v) is 14.6. The number of likely N-dealkylation sites (N-methyl/N-ethyl adjacent to an activating group) is 1. The molecule has 1 rings (SSSR count). The van der Waals surface area contributed by atoms with Crippen LogP contribution in [0.3, 0.4) is 0 Å². The first kappa shape index (κ1) is 19.4. The second-order valence-electron chi connectivity index (χ2n) is 6.07. The predicted molar refractivity (Wildman–Crippen MR) is 87.2 cm³/mol. The van der Waals surface area contributed by atoms with Gasteiger partial charge >= 0.3 is 0 Å². The third-order valence-electron chi connectivity index (χ3n) is 2.84. The average molecular weight is 344 g/mol. The molecule has 0 aliphatic carbocycles. The Balaban J connectivity index is 2.56. The van der Waals surface area contributed by atoms with Crippen molar-refractivity contribution < 1.29 is 18.4 Å². The van der Waals surface area contributed by atoms with Crippen LogP contribution in [-0.2, 0) is 9.59 Å². The summed E-state index contributed by atoms with van der Waals surface area (Å²) in [4.78, 5) is 25.9. The van der Waals surface area contributed by atoms with Crippen molar-refractivity contribution in [3.05, 3.63) is 29.8 Å². The number of carbonyl (C=O) groups is 2. The molecule has 0 aliphatic rings. The van der Waals surface area contributed by atoms with Crippen molar-refractivity contribution in [1.29, 1.82) is 0 Å². The van der Waals surface area contributed by atoms with Crippen molar-refractivity contribution in [3.8, 4) is 0 Å². The SMILES string of the molecule is CCN(CC(=O)NC(C)(C)C)C(=O)CSc1ccc(F)c(F)c1. The van der Waals surface area contributed by atoms with E-state index >= 15 is 0 Å². The Morgan fingerprint density at radius 3 is 2.39 bits per heavy atom. The van der Waals surface area contributed by atoms with E-state index in [1.54, 1.807) is 6.92 Å². The minimum absolute atomic E-state index is 0.0229. The zero-order chi connectivity index (χ0) is 17.6. The monoisotopic (exact) mass is 344 g/mol. The molecule has 0 heterocycles. The van der Waals surface area contributed by atoms with Gasteiger partial charge in [0.25, 0.3) is 0 Å². The average Bonchev–Trinajstić information content (AvgIpc) is 2.43. The normalized spacial score (nSPS) is 11.2. The Bertz CT molecular complexity index is 574.